The van der Waals surface area contributed by atoms with E-state index in [0.717, 1.165) is 5.76 Å². The molecule has 1 aromatic carbocycles. The fraction of sp³-hybridized carbons (Fsp3) is 0.182. The lowest BCUT2D eigenvalue weighted by Gasteiger charge is -2.04. The van der Waals surface area contributed by atoms with Gasteiger partial charge in [0, 0.05) is 10.2 Å². The minimum atomic E-state index is -0.291. The zero-order chi connectivity index (χ0) is 11.5. The van der Waals surface area contributed by atoms with Crippen LogP contribution in [0.3, 0.4) is 0 Å². The fourth-order valence-corrected chi connectivity index (χ4v) is 1.78. The first-order chi connectivity index (χ1) is 7.63. The molecule has 0 saturated carbocycles. The highest BCUT2D eigenvalue weighted by molar-refractivity contribution is 9.10. The third-order valence-electron chi connectivity index (χ3n) is 1.98. The lowest BCUT2D eigenvalue weighted by Crippen LogP contribution is -1.99. The smallest absolute Gasteiger partial charge is 0.213 e. The zero-order valence-corrected chi connectivity index (χ0v) is 10.2. The van der Waals surface area contributed by atoms with Crippen molar-refractivity contribution in [2.75, 3.05) is 5.32 Å². The molecule has 2 aromatic rings. The Bertz CT molecular complexity index is 478. The average molecular weight is 285 g/mol. The topological polar surface area (TPSA) is 38.1 Å². The Balaban J connectivity index is 2.04. The van der Waals surface area contributed by atoms with Crippen LogP contribution >= 0.6 is 15.9 Å². The van der Waals surface area contributed by atoms with Gasteiger partial charge in [0.05, 0.1) is 12.7 Å². The van der Waals surface area contributed by atoms with E-state index in [2.05, 4.69) is 26.2 Å². The van der Waals surface area contributed by atoms with Gasteiger partial charge in [-0.2, -0.15) is 0 Å². The predicted molar refractivity (Wildman–Crippen MR) is 62.7 cm³/mol. The predicted octanol–water partition coefficient (Wildman–Crippen LogP) is 3.50. The Hall–Kier alpha value is -1.36. The average Bonchev–Trinajstić information content (AvgIpc) is 2.60. The molecule has 0 saturated heterocycles. The fourth-order valence-electron chi connectivity index (χ4n) is 1.32. The van der Waals surface area contributed by atoms with Crippen LogP contribution in [0.1, 0.15) is 11.7 Å². The van der Waals surface area contributed by atoms with E-state index >= 15 is 0 Å². The third-order valence-corrected chi connectivity index (χ3v) is 2.43. The van der Waals surface area contributed by atoms with Crippen molar-refractivity contribution < 1.29 is 8.81 Å². The van der Waals surface area contributed by atoms with Crippen LogP contribution in [0.4, 0.5) is 10.1 Å². The Morgan fingerprint density at radius 3 is 2.88 bits per heavy atom. The molecule has 0 bridgehead atoms. The second kappa shape index (κ2) is 4.65. The maximum absolute atomic E-state index is 13.0. The summed E-state index contributed by atoms with van der Waals surface area (Å²) in [6.45, 7) is 2.26. The van der Waals surface area contributed by atoms with E-state index in [0.29, 0.717) is 22.6 Å². The largest absolute Gasteiger partial charge is 0.444 e. The van der Waals surface area contributed by atoms with Crippen LogP contribution < -0.4 is 5.32 Å². The van der Waals surface area contributed by atoms with Gasteiger partial charge in [-0.3, -0.25) is 0 Å². The van der Waals surface area contributed by atoms with Crippen molar-refractivity contribution in [2.24, 2.45) is 0 Å². The molecule has 0 aliphatic heterocycles. The molecule has 0 aliphatic rings. The number of oxazole rings is 1. The van der Waals surface area contributed by atoms with Crippen molar-refractivity contribution in [1.29, 1.82) is 0 Å². The van der Waals surface area contributed by atoms with Crippen LogP contribution in [0.5, 0.6) is 0 Å². The highest BCUT2D eigenvalue weighted by atomic mass is 79.9. The highest BCUT2D eigenvalue weighted by Crippen LogP contribution is 2.19. The van der Waals surface area contributed by atoms with E-state index in [-0.39, 0.29) is 5.82 Å². The first-order valence-corrected chi connectivity index (χ1v) is 5.54. The Morgan fingerprint density at radius 2 is 2.25 bits per heavy atom. The molecule has 84 valence electrons. The molecule has 1 heterocycles. The number of aryl methyl sites for hydroxylation is 1. The Kier molecular flexibility index (Phi) is 3.24. The minimum Gasteiger partial charge on any atom is -0.444 e. The van der Waals surface area contributed by atoms with Crippen LogP contribution in [0.25, 0.3) is 0 Å². The van der Waals surface area contributed by atoms with Gasteiger partial charge < -0.3 is 9.73 Å². The molecule has 5 heteroatoms. The summed E-state index contributed by atoms with van der Waals surface area (Å²) >= 11 is 3.22. The van der Waals surface area contributed by atoms with Crippen molar-refractivity contribution in [2.45, 2.75) is 13.5 Å². The van der Waals surface area contributed by atoms with Gasteiger partial charge in [-0.05, 0) is 25.1 Å². The molecule has 2 rings (SSSR count). The number of aromatic nitrogens is 1. The van der Waals surface area contributed by atoms with Crippen molar-refractivity contribution >= 4 is 21.6 Å². The summed E-state index contributed by atoms with van der Waals surface area (Å²) in [6, 6.07) is 4.61. The molecule has 1 aromatic heterocycles. The molecule has 0 aliphatic carbocycles. The van der Waals surface area contributed by atoms with E-state index in [1.807, 2.05) is 6.92 Å². The maximum atomic E-state index is 13.0. The molecule has 0 radical (unpaired) electrons. The van der Waals surface area contributed by atoms with E-state index in [4.69, 9.17) is 4.42 Å². The Labute approximate surface area is 101 Å². The summed E-state index contributed by atoms with van der Waals surface area (Å²) in [6.07, 6.45) is 1.65. The van der Waals surface area contributed by atoms with E-state index in [1.54, 1.807) is 12.3 Å². The number of rotatable bonds is 3. The van der Waals surface area contributed by atoms with Crippen LogP contribution in [-0.4, -0.2) is 4.98 Å². The normalized spacial score (nSPS) is 10.4. The first kappa shape index (κ1) is 11.1. The second-order valence-corrected chi connectivity index (χ2v) is 4.29. The second-order valence-electron chi connectivity index (χ2n) is 3.38. The van der Waals surface area contributed by atoms with Crippen LogP contribution in [-0.2, 0) is 6.54 Å². The Morgan fingerprint density at radius 1 is 1.44 bits per heavy atom. The molecular weight excluding hydrogens is 275 g/mol. The molecule has 0 atom stereocenters. The van der Waals surface area contributed by atoms with Gasteiger partial charge >= 0.3 is 0 Å². The van der Waals surface area contributed by atoms with Gasteiger partial charge in [-0.1, -0.05) is 15.9 Å². The molecule has 0 amide bonds. The van der Waals surface area contributed by atoms with Crippen LogP contribution in [0, 0.1) is 12.7 Å². The van der Waals surface area contributed by atoms with Gasteiger partial charge in [0.2, 0.25) is 5.89 Å². The van der Waals surface area contributed by atoms with E-state index < -0.39 is 0 Å². The molecule has 0 unspecified atom stereocenters. The summed E-state index contributed by atoms with van der Waals surface area (Å²) in [4.78, 5) is 4.04. The van der Waals surface area contributed by atoms with Gasteiger partial charge in [0.1, 0.15) is 11.6 Å². The molecule has 0 spiro atoms. The molecule has 16 heavy (non-hydrogen) atoms. The van der Waals surface area contributed by atoms with Gasteiger partial charge in [0.25, 0.3) is 0 Å². The highest BCUT2D eigenvalue weighted by Gasteiger charge is 2.02. The lowest BCUT2D eigenvalue weighted by molar-refractivity contribution is 0.479. The standard InChI is InChI=1S/C11H10BrFN2O/c1-7-5-15-11(16-7)6-14-10-3-8(12)2-9(13)4-10/h2-5,14H,6H2,1H3. The van der Waals surface area contributed by atoms with Gasteiger partial charge in [-0.15, -0.1) is 0 Å². The number of nitrogens with one attached hydrogen (secondary N) is 1. The van der Waals surface area contributed by atoms with Crippen molar-refractivity contribution in [3.05, 3.63) is 46.3 Å². The summed E-state index contributed by atoms with van der Waals surface area (Å²) in [5.74, 6) is 1.05. The first-order valence-electron chi connectivity index (χ1n) is 4.75. The van der Waals surface area contributed by atoms with Gasteiger partial charge in [0.15, 0.2) is 0 Å². The maximum Gasteiger partial charge on any atom is 0.213 e. The third kappa shape index (κ3) is 2.82. The number of nitrogens with zero attached hydrogens (tertiary/aromatic N) is 1. The summed E-state index contributed by atoms with van der Waals surface area (Å²) in [5.41, 5.74) is 0.683. The summed E-state index contributed by atoms with van der Waals surface area (Å²) < 4.78 is 19.0. The molecular formula is C11H10BrFN2O. The van der Waals surface area contributed by atoms with Crippen LogP contribution in [0.2, 0.25) is 0 Å². The SMILES string of the molecule is Cc1cnc(CNc2cc(F)cc(Br)c2)o1. The number of halogens is 2. The number of hydrogen-bond acceptors (Lipinski definition) is 3. The number of anilines is 1. The molecule has 1 N–H and O–H groups in total. The summed E-state index contributed by atoms with van der Waals surface area (Å²) in [5, 5.41) is 3.03. The lowest BCUT2D eigenvalue weighted by atomic mass is 10.3. The van der Waals surface area contributed by atoms with E-state index in [9.17, 15) is 4.39 Å². The van der Waals surface area contributed by atoms with Crippen LogP contribution in [0.15, 0.2) is 33.3 Å². The minimum absolute atomic E-state index is 0.291. The zero-order valence-electron chi connectivity index (χ0n) is 8.63. The monoisotopic (exact) mass is 284 g/mol. The van der Waals surface area contributed by atoms with Gasteiger partial charge in [-0.25, -0.2) is 9.37 Å². The molecule has 0 fully saturated rings. The van der Waals surface area contributed by atoms with E-state index in [1.165, 1.54) is 12.1 Å². The van der Waals surface area contributed by atoms with Crippen molar-refractivity contribution in [1.82, 2.24) is 4.98 Å². The van der Waals surface area contributed by atoms with Crippen molar-refractivity contribution in [3.8, 4) is 0 Å². The van der Waals surface area contributed by atoms with Crippen molar-refractivity contribution in [3.63, 3.8) is 0 Å². The quantitative estimate of drug-likeness (QED) is 0.938. The summed E-state index contributed by atoms with van der Waals surface area (Å²) in [7, 11) is 0. The molecule has 3 nitrogen and oxygen atoms in total. The number of benzene rings is 1. The number of hydrogen-bond donors (Lipinski definition) is 1.